The molecule has 0 heterocycles. The van der Waals surface area contributed by atoms with Gasteiger partial charge in [0.1, 0.15) is 5.75 Å². The van der Waals surface area contributed by atoms with Crippen molar-refractivity contribution in [2.24, 2.45) is 0 Å². The van der Waals surface area contributed by atoms with Gasteiger partial charge in [-0.1, -0.05) is 52.3 Å². The molecule has 22 heavy (non-hydrogen) atoms. The molecular formula is C18H29ClO3. The molecule has 0 amide bonds. The SMILES string of the molecule is Cc1cc(C(C)(C)C)c(O)c(C(C)(C)CCCC(=O)O)c1.Cl. The molecular weight excluding hydrogens is 300 g/mol. The van der Waals surface area contributed by atoms with E-state index in [1.807, 2.05) is 19.1 Å². The highest BCUT2D eigenvalue weighted by Gasteiger charge is 2.28. The number of hydrogen-bond acceptors (Lipinski definition) is 2. The summed E-state index contributed by atoms with van der Waals surface area (Å²) in [4.78, 5) is 10.7. The maximum Gasteiger partial charge on any atom is 0.303 e. The molecule has 2 N–H and O–H groups in total. The smallest absolute Gasteiger partial charge is 0.303 e. The molecule has 0 aliphatic heterocycles. The Morgan fingerprint density at radius 3 is 2.05 bits per heavy atom. The Hall–Kier alpha value is -1.22. The fourth-order valence-corrected chi connectivity index (χ4v) is 2.68. The Labute approximate surface area is 140 Å². The monoisotopic (exact) mass is 328 g/mol. The highest BCUT2D eigenvalue weighted by atomic mass is 35.5. The van der Waals surface area contributed by atoms with Crippen molar-refractivity contribution in [1.29, 1.82) is 0 Å². The summed E-state index contributed by atoms with van der Waals surface area (Å²) in [5.41, 5.74) is 2.62. The number of phenolic OH excluding ortho intramolecular Hbond substituents is 1. The predicted octanol–water partition coefficient (Wildman–Crippen LogP) is 4.95. The first-order valence-electron chi connectivity index (χ1n) is 7.51. The average Bonchev–Trinajstić information content (AvgIpc) is 2.29. The summed E-state index contributed by atoms with van der Waals surface area (Å²) in [6.45, 7) is 12.4. The van der Waals surface area contributed by atoms with E-state index in [0.717, 1.165) is 23.1 Å². The van der Waals surface area contributed by atoms with Crippen LogP contribution in [-0.2, 0) is 15.6 Å². The Morgan fingerprint density at radius 2 is 1.59 bits per heavy atom. The van der Waals surface area contributed by atoms with Gasteiger partial charge in [0.05, 0.1) is 0 Å². The summed E-state index contributed by atoms with van der Waals surface area (Å²) in [6.07, 6.45) is 1.52. The maximum atomic E-state index is 10.7. The van der Waals surface area contributed by atoms with Gasteiger partial charge in [-0.25, -0.2) is 0 Å². The molecule has 0 bridgehead atoms. The fourth-order valence-electron chi connectivity index (χ4n) is 2.68. The zero-order valence-electron chi connectivity index (χ0n) is 14.5. The van der Waals surface area contributed by atoms with E-state index in [9.17, 15) is 9.90 Å². The lowest BCUT2D eigenvalue weighted by Crippen LogP contribution is -2.21. The lowest BCUT2D eigenvalue weighted by atomic mass is 9.75. The van der Waals surface area contributed by atoms with Gasteiger partial charge in [0.15, 0.2) is 0 Å². The summed E-state index contributed by atoms with van der Waals surface area (Å²) in [5.74, 6) is -0.414. The number of aliphatic carboxylic acids is 1. The number of phenols is 1. The highest BCUT2D eigenvalue weighted by molar-refractivity contribution is 5.85. The lowest BCUT2D eigenvalue weighted by Gasteiger charge is -2.30. The van der Waals surface area contributed by atoms with Gasteiger partial charge in [0.25, 0.3) is 0 Å². The lowest BCUT2D eigenvalue weighted by molar-refractivity contribution is -0.137. The highest BCUT2D eigenvalue weighted by Crippen LogP contribution is 2.41. The minimum atomic E-state index is -0.769. The first-order chi connectivity index (χ1) is 9.45. The van der Waals surface area contributed by atoms with E-state index in [0.29, 0.717) is 12.2 Å². The number of aryl methyl sites for hydroxylation is 1. The second kappa shape index (κ2) is 7.36. The molecule has 0 saturated carbocycles. The standard InChI is InChI=1S/C18H28O3.ClH/c1-12-10-13(17(2,3)4)16(21)14(11-12)18(5,6)9-7-8-15(19)20;/h10-11,21H,7-9H2,1-6H3,(H,19,20);1H. The van der Waals surface area contributed by atoms with Crippen molar-refractivity contribution in [2.45, 2.75) is 71.6 Å². The van der Waals surface area contributed by atoms with Crippen molar-refractivity contribution < 1.29 is 15.0 Å². The van der Waals surface area contributed by atoms with Crippen molar-refractivity contribution in [2.75, 3.05) is 0 Å². The maximum absolute atomic E-state index is 10.7. The molecule has 0 unspecified atom stereocenters. The number of halogens is 1. The molecule has 0 saturated heterocycles. The third-order valence-electron chi connectivity index (χ3n) is 3.98. The Bertz CT molecular complexity index is 528. The Balaban J connectivity index is 0.00000441. The van der Waals surface area contributed by atoms with Crippen LogP contribution in [0.5, 0.6) is 5.75 Å². The van der Waals surface area contributed by atoms with Crippen molar-refractivity contribution >= 4 is 18.4 Å². The normalized spacial score (nSPS) is 11.9. The molecule has 1 aromatic carbocycles. The molecule has 0 atom stereocenters. The zero-order valence-corrected chi connectivity index (χ0v) is 15.3. The van der Waals surface area contributed by atoms with Gasteiger partial charge in [-0.3, -0.25) is 4.79 Å². The van der Waals surface area contributed by atoms with Crippen LogP contribution in [0.1, 0.15) is 70.6 Å². The molecule has 1 aromatic rings. The first-order valence-corrected chi connectivity index (χ1v) is 7.51. The number of carboxylic acids is 1. The van der Waals surface area contributed by atoms with E-state index < -0.39 is 5.97 Å². The fraction of sp³-hybridized carbons (Fsp3) is 0.611. The third kappa shape index (κ3) is 5.20. The van der Waals surface area contributed by atoms with Crippen LogP contribution in [0.4, 0.5) is 0 Å². The molecule has 0 aliphatic rings. The Kier molecular flexibility index (Phi) is 6.96. The van der Waals surface area contributed by atoms with Gasteiger partial charge in [0.2, 0.25) is 0 Å². The van der Waals surface area contributed by atoms with E-state index >= 15 is 0 Å². The number of rotatable bonds is 5. The summed E-state index contributed by atoms with van der Waals surface area (Å²) in [7, 11) is 0. The van der Waals surface area contributed by atoms with Gasteiger partial charge in [-0.15, -0.1) is 12.4 Å². The topological polar surface area (TPSA) is 57.5 Å². The number of aromatic hydroxyl groups is 1. The van der Waals surface area contributed by atoms with Crippen molar-refractivity contribution in [3.8, 4) is 5.75 Å². The molecule has 0 radical (unpaired) electrons. The van der Waals surface area contributed by atoms with Crippen LogP contribution in [0.15, 0.2) is 12.1 Å². The number of benzene rings is 1. The molecule has 1 rings (SSSR count). The van der Waals surface area contributed by atoms with Crippen molar-refractivity contribution in [1.82, 2.24) is 0 Å². The van der Waals surface area contributed by atoms with Crippen LogP contribution in [0.3, 0.4) is 0 Å². The molecule has 0 aromatic heterocycles. The van der Waals surface area contributed by atoms with Crippen molar-refractivity contribution in [3.63, 3.8) is 0 Å². The quantitative estimate of drug-likeness (QED) is 0.803. The van der Waals surface area contributed by atoms with Crippen LogP contribution < -0.4 is 0 Å². The van der Waals surface area contributed by atoms with E-state index in [4.69, 9.17) is 5.11 Å². The minimum Gasteiger partial charge on any atom is -0.507 e. The van der Waals surface area contributed by atoms with E-state index in [2.05, 4.69) is 34.6 Å². The third-order valence-corrected chi connectivity index (χ3v) is 3.98. The molecule has 4 heteroatoms. The zero-order chi connectivity index (χ0) is 16.4. The number of carbonyl (C=O) groups is 1. The van der Waals surface area contributed by atoms with Gasteiger partial charge in [-0.2, -0.15) is 0 Å². The molecule has 3 nitrogen and oxygen atoms in total. The number of carboxylic acid groups (broad SMARTS) is 1. The summed E-state index contributed by atoms with van der Waals surface area (Å²) >= 11 is 0. The minimum absolute atomic E-state index is 0. The van der Waals surface area contributed by atoms with Crippen LogP contribution in [0.25, 0.3) is 0 Å². The summed E-state index contributed by atoms with van der Waals surface area (Å²) < 4.78 is 0. The van der Waals surface area contributed by atoms with Crippen LogP contribution in [0, 0.1) is 6.92 Å². The Morgan fingerprint density at radius 1 is 1.09 bits per heavy atom. The second-order valence-electron chi connectivity index (χ2n) is 7.59. The van der Waals surface area contributed by atoms with Crippen LogP contribution >= 0.6 is 12.4 Å². The van der Waals surface area contributed by atoms with Crippen molar-refractivity contribution in [3.05, 3.63) is 28.8 Å². The van der Waals surface area contributed by atoms with E-state index in [-0.39, 0.29) is 29.7 Å². The predicted molar refractivity (Wildman–Crippen MR) is 93.3 cm³/mol. The molecule has 0 spiro atoms. The van der Waals surface area contributed by atoms with Crippen LogP contribution in [0.2, 0.25) is 0 Å². The summed E-state index contributed by atoms with van der Waals surface area (Å²) in [5, 5.41) is 19.5. The largest absolute Gasteiger partial charge is 0.507 e. The first kappa shape index (κ1) is 20.8. The summed E-state index contributed by atoms with van der Waals surface area (Å²) in [6, 6.07) is 4.05. The van der Waals surface area contributed by atoms with Gasteiger partial charge in [-0.05, 0) is 36.2 Å². The van der Waals surface area contributed by atoms with Gasteiger partial charge < -0.3 is 10.2 Å². The second-order valence-corrected chi connectivity index (χ2v) is 7.59. The van der Waals surface area contributed by atoms with Gasteiger partial charge in [0, 0.05) is 12.0 Å². The van der Waals surface area contributed by atoms with Crippen LogP contribution in [-0.4, -0.2) is 16.2 Å². The molecule has 126 valence electrons. The molecule has 0 fully saturated rings. The number of hydrogen-bond donors (Lipinski definition) is 2. The van der Waals surface area contributed by atoms with E-state index in [1.165, 1.54) is 0 Å². The average molecular weight is 329 g/mol. The van der Waals surface area contributed by atoms with Gasteiger partial charge >= 0.3 is 5.97 Å². The van der Waals surface area contributed by atoms with E-state index in [1.54, 1.807) is 0 Å². The molecule has 0 aliphatic carbocycles.